The zero-order chi connectivity index (χ0) is 19.5. The molecule has 1 fully saturated rings. The minimum absolute atomic E-state index is 0.0943. The van der Waals surface area contributed by atoms with Crippen LogP contribution in [-0.4, -0.2) is 54.2 Å². The molecule has 1 unspecified atom stereocenters. The summed E-state index contributed by atoms with van der Waals surface area (Å²) in [5.74, 6) is 0.331. The number of aromatic nitrogens is 3. The molecule has 0 aliphatic carbocycles. The molecule has 8 nitrogen and oxygen atoms in total. The highest BCUT2D eigenvalue weighted by atomic mass is 35.5. The Morgan fingerprint density at radius 2 is 2.21 bits per heavy atom. The third kappa shape index (κ3) is 3.80. The van der Waals surface area contributed by atoms with Gasteiger partial charge in [0.1, 0.15) is 19.8 Å². The highest BCUT2D eigenvalue weighted by molar-refractivity contribution is 6.31. The van der Waals surface area contributed by atoms with Crippen molar-refractivity contribution < 1.29 is 19.0 Å². The van der Waals surface area contributed by atoms with Gasteiger partial charge in [-0.1, -0.05) is 11.6 Å². The molecule has 3 aromatic rings. The van der Waals surface area contributed by atoms with Crippen LogP contribution in [0.5, 0.6) is 0 Å². The summed E-state index contributed by atoms with van der Waals surface area (Å²) in [4.78, 5) is 9.35. The van der Waals surface area contributed by atoms with Crippen molar-refractivity contribution in [1.82, 2.24) is 14.8 Å². The van der Waals surface area contributed by atoms with Crippen LogP contribution in [-0.2, 0) is 25.7 Å². The first-order valence-electron chi connectivity index (χ1n) is 8.67. The largest absolute Gasteiger partial charge is 0.472 e. The van der Waals surface area contributed by atoms with Gasteiger partial charge in [0.15, 0.2) is 0 Å². The standard InChI is InChI=1S/C19H19ClN4O4/c1-25-11-18-15(19(23-26-2)28-10-13-9-27-13)8-22-24(18)17-5-6-21-16-7-12(20)3-4-14(16)17/h3-8,13H,9-11H2,1-2H3. The molecule has 0 spiro atoms. The van der Waals surface area contributed by atoms with Crippen molar-refractivity contribution in [2.45, 2.75) is 12.7 Å². The van der Waals surface area contributed by atoms with Crippen LogP contribution in [0.1, 0.15) is 11.3 Å². The predicted molar refractivity (Wildman–Crippen MR) is 104 cm³/mol. The number of methoxy groups -OCH3 is 1. The van der Waals surface area contributed by atoms with Gasteiger partial charge in [-0.3, -0.25) is 4.98 Å². The molecule has 3 heterocycles. The summed E-state index contributed by atoms with van der Waals surface area (Å²) in [6.07, 6.45) is 3.50. The summed E-state index contributed by atoms with van der Waals surface area (Å²) in [5, 5.41) is 10.1. The minimum atomic E-state index is 0.0943. The molecule has 0 amide bonds. The van der Waals surface area contributed by atoms with E-state index in [0.29, 0.717) is 36.3 Å². The predicted octanol–water partition coefficient (Wildman–Crippen LogP) is 2.94. The number of oxime groups is 1. The molecule has 1 atom stereocenters. The number of benzene rings is 1. The van der Waals surface area contributed by atoms with Crippen molar-refractivity contribution in [3.63, 3.8) is 0 Å². The minimum Gasteiger partial charge on any atom is -0.472 e. The van der Waals surface area contributed by atoms with Crippen molar-refractivity contribution >= 4 is 28.4 Å². The van der Waals surface area contributed by atoms with Crippen LogP contribution in [0.25, 0.3) is 16.6 Å². The van der Waals surface area contributed by atoms with Gasteiger partial charge in [0.2, 0.25) is 0 Å². The quantitative estimate of drug-likeness (QED) is 0.261. The summed E-state index contributed by atoms with van der Waals surface area (Å²) < 4.78 is 18.2. The van der Waals surface area contributed by atoms with E-state index in [1.165, 1.54) is 7.11 Å². The van der Waals surface area contributed by atoms with E-state index in [1.807, 2.05) is 24.3 Å². The summed E-state index contributed by atoms with van der Waals surface area (Å²) in [5.41, 5.74) is 3.08. The summed E-state index contributed by atoms with van der Waals surface area (Å²) in [6.45, 7) is 1.39. The molecule has 0 saturated carbocycles. The Labute approximate surface area is 166 Å². The molecule has 4 rings (SSSR count). The lowest BCUT2D eigenvalue weighted by Crippen LogP contribution is -2.15. The average Bonchev–Trinajstić information content (AvgIpc) is 3.44. The van der Waals surface area contributed by atoms with Crippen LogP contribution < -0.4 is 0 Å². The number of pyridine rings is 1. The van der Waals surface area contributed by atoms with E-state index in [0.717, 1.165) is 22.3 Å². The maximum absolute atomic E-state index is 6.11. The van der Waals surface area contributed by atoms with E-state index >= 15 is 0 Å². The van der Waals surface area contributed by atoms with E-state index in [2.05, 4.69) is 15.2 Å². The van der Waals surface area contributed by atoms with Crippen LogP contribution in [0.2, 0.25) is 5.02 Å². The average molecular weight is 403 g/mol. The molecular weight excluding hydrogens is 384 g/mol. The Morgan fingerprint density at radius 1 is 1.36 bits per heavy atom. The smallest absolute Gasteiger partial charge is 0.261 e. The van der Waals surface area contributed by atoms with Gasteiger partial charge in [0.25, 0.3) is 5.90 Å². The molecular formula is C19H19ClN4O4. The van der Waals surface area contributed by atoms with E-state index in [9.17, 15) is 0 Å². The van der Waals surface area contributed by atoms with Crippen molar-refractivity contribution in [2.24, 2.45) is 5.16 Å². The van der Waals surface area contributed by atoms with Crippen LogP contribution in [0.15, 0.2) is 41.8 Å². The van der Waals surface area contributed by atoms with E-state index in [1.54, 1.807) is 24.2 Å². The summed E-state index contributed by atoms with van der Waals surface area (Å²) >= 11 is 6.11. The Balaban J connectivity index is 1.79. The monoisotopic (exact) mass is 402 g/mol. The molecule has 1 aliphatic rings. The van der Waals surface area contributed by atoms with Gasteiger partial charge in [0.05, 0.1) is 41.9 Å². The normalized spacial score (nSPS) is 16.4. The second-order valence-electron chi connectivity index (χ2n) is 6.19. The Kier molecular flexibility index (Phi) is 5.43. The zero-order valence-electron chi connectivity index (χ0n) is 15.5. The second-order valence-corrected chi connectivity index (χ2v) is 6.62. The molecule has 28 heavy (non-hydrogen) atoms. The topological polar surface area (TPSA) is 83.3 Å². The fraction of sp³-hybridized carbons (Fsp3) is 0.316. The molecule has 1 aliphatic heterocycles. The third-order valence-corrected chi connectivity index (χ3v) is 4.51. The molecule has 0 bridgehead atoms. The van der Waals surface area contributed by atoms with Crippen molar-refractivity contribution in [1.29, 1.82) is 0 Å². The van der Waals surface area contributed by atoms with Crippen LogP contribution in [0.4, 0.5) is 0 Å². The number of halogens is 1. The number of rotatable bonds is 7. The van der Waals surface area contributed by atoms with E-state index < -0.39 is 0 Å². The molecule has 146 valence electrons. The van der Waals surface area contributed by atoms with E-state index in [-0.39, 0.29) is 6.10 Å². The van der Waals surface area contributed by atoms with Gasteiger partial charge in [-0.25, -0.2) is 4.68 Å². The fourth-order valence-corrected chi connectivity index (χ4v) is 3.07. The SMILES string of the molecule is COCc1c(C(=NOC)OCC2CO2)cnn1-c1ccnc2cc(Cl)ccc12. The second kappa shape index (κ2) is 8.14. The van der Waals surface area contributed by atoms with Crippen LogP contribution in [0.3, 0.4) is 0 Å². The van der Waals surface area contributed by atoms with Gasteiger partial charge in [-0.2, -0.15) is 5.10 Å². The molecule has 0 radical (unpaired) electrons. The Morgan fingerprint density at radius 3 is 2.96 bits per heavy atom. The Bertz CT molecular complexity index is 1020. The van der Waals surface area contributed by atoms with Gasteiger partial charge in [-0.15, -0.1) is 0 Å². The lowest BCUT2D eigenvalue weighted by atomic mass is 10.1. The van der Waals surface area contributed by atoms with Crippen molar-refractivity contribution in [2.75, 3.05) is 27.4 Å². The maximum Gasteiger partial charge on any atom is 0.261 e. The zero-order valence-corrected chi connectivity index (χ0v) is 16.2. The first-order chi connectivity index (χ1) is 13.7. The van der Waals surface area contributed by atoms with Gasteiger partial charge < -0.3 is 19.0 Å². The van der Waals surface area contributed by atoms with E-state index in [4.69, 9.17) is 30.6 Å². The molecule has 0 N–H and O–H groups in total. The first-order valence-corrected chi connectivity index (χ1v) is 9.05. The van der Waals surface area contributed by atoms with Crippen LogP contribution in [0, 0.1) is 0 Å². The van der Waals surface area contributed by atoms with Crippen LogP contribution >= 0.6 is 11.6 Å². The van der Waals surface area contributed by atoms with Gasteiger partial charge >= 0.3 is 0 Å². The highest BCUT2D eigenvalue weighted by Gasteiger charge is 2.26. The highest BCUT2D eigenvalue weighted by Crippen LogP contribution is 2.26. The lowest BCUT2D eigenvalue weighted by Gasteiger charge is -2.12. The number of hydrogen-bond acceptors (Lipinski definition) is 7. The fourth-order valence-electron chi connectivity index (χ4n) is 2.90. The Hall–Kier alpha value is -2.68. The molecule has 2 aromatic heterocycles. The van der Waals surface area contributed by atoms with Crippen molar-refractivity contribution in [3.8, 4) is 5.69 Å². The summed E-state index contributed by atoms with van der Waals surface area (Å²) in [7, 11) is 3.09. The number of hydrogen-bond donors (Lipinski definition) is 0. The number of nitrogens with zero attached hydrogens (tertiary/aromatic N) is 4. The van der Waals surface area contributed by atoms with Gasteiger partial charge in [-0.05, 0) is 29.4 Å². The number of epoxide rings is 1. The van der Waals surface area contributed by atoms with Crippen molar-refractivity contribution in [3.05, 3.63) is 52.9 Å². The lowest BCUT2D eigenvalue weighted by molar-refractivity contribution is 0.175. The number of ether oxygens (including phenoxy) is 3. The molecule has 1 saturated heterocycles. The first kappa shape index (κ1) is 18.7. The summed E-state index contributed by atoms with van der Waals surface area (Å²) in [6, 6.07) is 7.45. The molecule has 9 heteroatoms. The molecule has 1 aromatic carbocycles. The van der Waals surface area contributed by atoms with Gasteiger partial charge in [0, 0.05) is 23.7 Å². The maximum atomic E-state index is 6.11. The number of fused-ring (bicyclic) bond motifs is 1. The third-order valence-electron chi connectivity index (χ3n) is 4.27.